The van der Waals surface area contributed by atoms with Gasteiger partial charge in [-0.25, -0.2) is 4.57 Å². The fourth-order valence-corrected chi connectivity index (χ4v) is 6.55. The molecule has 300 valence electrons. The van der Waals surface area contributed by atoms with E-state index in [1.165, 1.54) is 109 Å². The number of hydrogen-bond acceptors (Lipinski definition) is 7. The maximum atomic E-state index is 12.4. The molecule has 9 heteroatoms. The first-order valence-corrected chi connectivity index (χ1v) is 22.5. The molecule has 0 fully saturated rings. The van der Waals surface area contributed by atoms with Gasteiger partial charge in [0.05, 0.1) is 19.0 Å². The van der Waals surface area contributed by atoms with Crippen LogP contribution >= 0.6 is 7.82 Å². The second-order valence-corrected chi connectivity index (χ2v) is 15.5. The summed E-state index contributed by atoms with van der Waals surface area (Å²) in [5, 5.41) is 0. The molecular formula is C42H80NO7P. The molecule has 0 saturated carbocycles. The van der Waals surface area contributed by atoms with Gasteiger partial charge in [0.25, 0.3) is 0 Å². The van der Waals surface area contributed by atoms with Gasteiger partial charge in [0, 0.05) is 19.4 Å². The van der Waals surface area contributed by atoms with E-state index in [0.717, 1.165) is 57.8 Å². The molecule has 0 aliphatic rings. The van der Waals surface area contributed by atoms with Crippen LogP contribution in [0.1, 0.15) is 194 Å². The fourth-order valence-electron chi connectivity index (χ4n) is 5.78. The van der Waals surface area contributed by atoms with Crippen molar-refractivity contribution in [1.82, 2.24) is 0 Å². The number of carbonyl (C=O) groups excluding carboxylic acids is 1. The molecule has 0 aliphatic heterocycles. The average Bonchev–Trinajstić information content (AvgIpc) is 3.11. The first-order chi connectivity index (χ1) is 24.8. The highest BCUT2D eigenvalue weighted by molar-refractivity contribution is 7.47. The van der Waals surface area contributed by atoms with E-state index in [2.05, 4.69) is 44.7 Å². The zero-order valence-corrected chi connectivity index (χ0v) is 34.0. The van der Waals surface area contributed by atoms with Crippen molar-refractivity contribution in [2.75, 3.05) is 26.4 Å². The van der Waals surface area contributed by atoms with Crippen LogP contribution in [0.4, 0.5) is 0 Å². The van der Waals surface area contributed by atoms with Crippen LogP contribution in [0.2, 0.25) is 0 Å². The molecule has 2 atom stereocenters. The molecule has 1 unspecified atom stereocenters. The van der Waals surface area contributed by atoms with E-state index in [1.807, 2.05) is 0 Å². The van der Waals surface area contributed by atoms with Crippen LogP contribution in [0.5, 0.6) is 0 Å². The summed E-state index contributed by atoms with van der Waals surface area (Å²) in [5.74, 6) is 0.237. The maximum Gasteiger partial charge on any atom is 0.472 e. The summed E-state index contributed by atoms with van der Waals surface area (Å²) in [7, 11) is -4.29. The molecule has 0 saturated heterocycles. The third kappa shape index (κ3) is 38.1. The van der Waals surface area contributed by atoms with Gasteiger partial charge >= 0.3 is 13.8 Å². The monoisotopic (exact) mass is 742 g/mol. The number of esters is 1. The summed E-state index contributed by atoms with van der Waals surface area (Å²) < 4.78 is 33.5. The van der Waals surface area contributed by atoms with Crippen molar-refractivity contribution in [3.63, 3.8) is 0 Å². The van der Waals surface area contributed by atoms with E-state index in [0.29, 0.717) is 18.6 Å². The molecule has 0 aromatic carbocycles. The molecule has 0 rings (SSSR count). The molecule has 0 aromatic heterocycles. The molecule has 0 bridgehead atoms. The zero-order valence-electron chi connectivity index (χ0n) is 33.1. The van der Waals surface area contributed by atoms with Crippen LogP contribution < -0.4 is 5.73 Å². The zero-order chi connectivity index (χ0) is 37.5. The number of ether oxygens (including phenoxy) is 2. The van der Waals surface area contributed by atoms with Crippen LogP contribution in [-0.2, 0) is 27.9 Å². The lowest BCUT2D eigenvalue weighted by Gasteiger charge is -2.22. The number of carbonyl (C=O) groups is 1. The number of nitrogens with two attached hydrogens (primary N) is 1. The quantitative estimate of drug-likeness (QED) is 0.0209. The molecule has 3 N–H and O–H groups in total. The van der Waals surface area contributed by atoms with Crippen LogP contribution in [0.3, 0.4) is 0 Å². The van der Waals surface area contributed by atoms with E-state index in [9.17, 15) is 14.3 Å². The summed E-state index contributed by atoms with van der Waals surface area (Å²) in [4.78, 5) is 22.4. The second-order valence-electron chi connectivity index (χ2n) is 14.0. The number of phosphoric ester groups is 1. The van der Waals surface area contributed by atoms with Gasteiger partial charge in [0.1, 0.15) is 6.61 Å². The van der Waals surface area contributed by atoms with Crippen molar-refractivity contribution >= 4 is 13.8 Å². The largest absolute Gasteiger partial charge is 0.489 e. The topological polar surface area (TPSA) is 117 Å². The van der Waals surface area contributed by atoms with E-state index < -0.39 is 13.9 Å². The van der Waals surface area contributed by atoms with E-state index >= 15 is 0 Å². The van der Waals surface area contributed by atoms with Gasteiger partial charge in [-0.2, -0.15) is 0 Å². The van der Waals surface area contributed by atoms with Crippen molar-refractivity contribution in [2.45, 2.75) is 200 Å². The normalized spacial score (nSPS) is 13.6. The van der Waals surface area contributed by atoms with Crippen molar-refractivity contribution in [3.8, 4) is 0 Å². The number of allylic oxidation sites excluding steroid dienone is 5. The van der Waals surface area contributed by atoms with Crippen LogP contribution in [-0.4, -0.2) is 43.3 Å². The molecule has 0 amide bonds. The number of unbranched alkanes of at least 4 members (excludes halogenated alkanes) is 22. The summed E-state index contributed by atoms with van der Waals surface area (Å²) in [6, 6.07) is 0. The maximum absolute atomic E-state index is 12.4. The van der Waals surface area contributed by atoms with Gasteiger partial charge in [-0.3, -0.25) is 13.8 Å². The minimum atomic E-state index is -4.29. The Morgan fingerprint density at radius 2 is 1.04 bits per heavy atom. The Morgan fingerprint density at radius 3 is 1.49 bits per heavy atom. The standard InChI is InChI=1S/C42H80NO7P/c1-4-6-8-10-12-14-16-18-20-22-24-26-28-30-32-34-40(3)50-41(39-49-51(45,46)48-37-36-43)38-47-42(44)35-33-31-29-27-25-23-21-19-17-15-13-11-9-7-5-2/h18-21,41H,3-17,22-39,43H2,1-2H3,(H,45,46)/b20-18-,21-19-/t41-/m1/s1. The Bertz CT molecular complexity index is 894. The first-order valence-electron chi connectivity index (χ1n) is 21.0. The van der Waals surface area contributed by atoms with Crippen LogP contribution in [0.25, 0.3) is 0 Å². The third-order valence-corrected chi connectivity index (χ3v) is 9.90. The predicted octanol–water partition coefficient (Wildman–Crippen LogP) is 12.6. The lowest BCUT2D eigenvalue weighted by Crippen LogP contribution is -2.27. The van der Waals surface area contributed by atoms with Gasteiger partial charge < -0.3 is 20.1 Å². The molecule has 0 aliphatic carbocycles. The highest BCUT2D eigenvalue weighted by Gasteiger charge is 2.25. The van der Waals surface area contributed by atoms with E-state index in [4.69, 9.17) is 24.3 Å². The summed E-state index contributed by atoms with van der Waals surface area (Å²) in [5.41, 5.74) is 5.37. The minimum Gasteiger partial charge on any atom is -0.489 e. The van der Waals surface area contributed by atoms with Crippen molar-refractivity contribution in [3.05, 3.63) is 36.6 Å². The molecule has 0 aromatic rings. The van der Waals surface area contributed by atoms with Gasteiger partial charge in [0.15, 0.2) is 6.10 Å². The summed E-state index contributed by atoms with van der Waals surface area (Å²) >= 11 is 0. The van der Waals surface area contributed by atoms with Crippen LogP contribution in [0.15, 0.2) is 36.6 Å². The number of phosphoric acid groups is 1. The van der Waals surface area contributed by atoms with Crippen molar-refractivity contribution in [1.29, 1.82) is 0 Å². The first kappa shape index (κ1) is 49.6. The average molecular weight is 742 g/mol. The van der Waals surface area contributed by atoms with Crippen molar-refractivity contribution in [2.24, 2.45) is 5.73 Å². The molecule has 0 heterocycles. The molecule has 0 radical (unpaired) electrons. The SMILES string of the molecule is C=C(CCCCCCC/C=C\CCCCCCCC)O[C@H](COC(=O)CCCCCCC/C=C\CCCCCCCC)COP(=O)(O)OCCN. The fraction of sp³-hybridized carbons (Fsp3) is 0.833. The molecule has 51 heavy (non-hydrogen) atoms. The van der Waals surface area contributed by atoms with Crippen molar-refractivity contribution < 1.29 is 32.8 Å². The lowest BCUT2D eigenvalue weighted by molar-refractivity contribution is -0.147. The molecular weight excluding hydrogens is 661 g/mol. The van der Waals surface area contributed by atoms with Gasteiger partial charge in [0.2, 0.25) is 0 Å². The third-order valence-electron chi connectivity index (χ3n) is 8.92. The second kappa shape index (κ2) is 38.3. The minimum absolute atomic E-state index is 0.0911. The smallest absolute Gasteiger partial charge is 0.472 e. The highest BCUT2D eigenvalue weighted by Crippen LogP contribution is 2.43. The Kier molecular flexibility index (Phi) is 37.2. The summed E-state index contributed by atoms with van der Waals surface area (Å²) in [6.07, 6.45) is 41.1. The number of rotatable bonds is 40. The summed E-state index contributed by atoms with van der Waals surface area (Å²) in [6.45, 7) is 8.16. The van der Waals surface area contributed by atoms with Gasteiger partial charge in [-0.05, 0) is 64.2 Å². The Morgan fingerprint density at radius 1 is 0.627 bits per heavy atom. The highest BCUT2D eigenvalue weighted by atomic mass is 31.2. The Balaban J connectivity index is 4.20. The van der Waals surface area contributed by atoms with E-state index in [-0.39, 0.29) is 32.3 Å². The number of hydrogen-bond donors (Lipinski definition) is 2. The predicted molar refractivity (Wildman–Crippen MR) is 215 cm³/mol. The van der Waals surface area contributed by atoms with Crippen LogP contribution in [0, 0.1) is 0 Å². The van der Waals surface area contributed by atoms with Gasteiger partial charge in [-0.1, -0.05) is 147 Å². The Labute approximate surface area is 314 Å². The molecule has 8 nitrogen and oxygen atoms in total. The van der Waals surface area contributed by atoms with E-state index in [1.54, 1.807) is 0 Å². The Hall–Kier alpha value is -1.44. The lowest BCUT2D eigenvalue weighted by atomic mass is 10.1. The molecule has 0 spiro atoms. The van der Waals surface area contributed by atoms with Gasteiger partial charge in [-0.15, -0.1) is 0 Å².